The maximum Gasteiger partial charge on any atom is 0.0586 e. The van der Waals surface area contributed by atoms with Crippen molar-refractivity contribution in [3.05, 3.63) is 168 Å². The number of rotatable bonds is 3. The van der Waals surface area contributed by atoms with Crippen LogP contribution >= 0.6 is 0 Å². The number of hydrogen-bond acceptors (Lipinski definition) is 1. The fraction of sp³-hybridized carbons (Fsp3) is 0.0909. The topological polar surface area (TPSA) is 8.17 Å². The van der Waals surface area contributed by atoms with Gasteiger partial charge < -0.3 is 9.47 Å². The SMILES string of the molecule is C1=CC2c3ccc(-c4ccc5c(c4)c4ccccc4n5-c4ccccc4)cc3N(C3C=c4ccc5ccccc5c4=CC3)C2C=C1. The van der Waals surface area contributed by atoms with Crippen LogP contribution in [0.2, 0.25) is 0 Å². The highest BCUT2D eigenvalue weighted by Crippen LogP contribution is 2.47. The van der Waals surface area contributed by atoms with E-state index in [0.717, 1.165) is 6.42 Å². The lowest BCUT2D eigenvalue weighted by molar-refractivity contribution is 0.634. The van der Waals surface area contributed by atoms with Gasteiger partial charge in [-0.25, -0.2) is 0 Å². The zero-order chi connectivity index (χ0) is 30.2. The second kappa shape index (κ2) is 9.95. The van der Waals surface area contributed by atoms with Gasteiger partial charge in [0.2, 0.25) is 0 Å². The molecule has 3 aliphatic rings. The van der Waals surface area contributed by atoms with Crippen LogP contribution in [0.25, 0.3) is 61.5 Å². The minimum Gasteiger partial charge on any atom is -0.357 e. The molecular formula is C44H32N2. The minimum absolute atomic E-state index is 0.292. The molecule has 2 heterocycles. The van der Waals surface area contributed by atoms with Crippen LogP contribution in [0.5, 0.6) is 0 Å². The summed E-state index contributed by atoms with van der Waals surface area (Å²) in [5.74, 6) is 0.367. The number of nitrogens with zero attached hydrogens (tertiary/aromatic N) is 2. The molecule has 0 saturated heterocycles. The van der Waals surface area contributed by atoms with Crippen molar-refractivity contribution in [3.8, 4) is 16.8 Å². The maximum absolute atomic E-state index is 2.69. The van der Waals surface area contributed by atoms with E-state index >= 15 is 0 Å². The van der Waals surface area contributed by atoms with Crippen molar-refractivity contribution in [3.63, 3.8) is 0 Å². The monoisotopic (exact) mass is 588 g/mol. The molecule has 0 amide bonds. The van der Waals surface area contributed by atoms with Gasteiger partial charge in [0.05, 0.1) is 23.1 Å². The molecule has 0 N–H and O–H groups in total. The molecular weight excluding hydrogens is 556 g/mol. The van der Waals surface area contributed by atoms with Crippen molar-refractivity contribution >= 4 is 50.4 Å². The van der Waals surface area contributed by atoms with Crippen LogP contribution < -0.4 is 15.3 Å². The Bertz CT molecular complexity index is 2530. The highest BCUT2D eigenvalue weighted by atomic mass is 15.2. The summed E-state index contributed by atoms with van der Waals surface area (Å²) in [6, 6.07) is 47.6. The second-order valence-corrected chi connectivity index (χ2v) is 12.9. The number of hydrogen-bond donors (Lipinski definition) is 0. The molecule has 1 aliphatic heterocycles. The number of fused-ring (bicyclic) bond motifs is 9. The molecule has 0 radical (unpaired) electrons. The Labute approximate surface area is 268 Å². The van der Waals surface area contributed by atoms with Gasteiger partial charge in [0, 0.05) is 28.1 Å². The van der Waals surface area contributed by atoms with E-state index in [1.54, 1.807) is 0 Å². The summed E-state index contributed by atoms with van der Waals surface area (Å²) in [5, 5.41) is 7.94. The fourth-order valence-electron chi connectivity index (χ4n) is 8.34. The third kappa shape index (κ3) is 3.77. The van der Waals surface area contributed by atoms with E-state index in [2.05, 4.69) is 173 Å². The Morgan fingerprint density at radius 2 is 1.35 bits per heavy atom. The van der Waals surface area contributed by atoms with Crippen LogP contribution in [-0.2, 0) is 0 Å². The summed E-state index contributed by atoms with van der Waals surface area (Å²) in [4.78, 5) is 2.69. The summed E-state index contributed by atoms with van der Waals surface area (Å²) in [6.45, 7) is 0. The first-order valence-corrected chi connectivity index (χ1v) is 16.4. The summed E-state index contributed by atoms with van der Waals surface area (Å²) in [6.07, 6.45) is 15.2. The molecule has 3 atom stereocenters. The second-order valence-electron chi connectivity index (χ2n) is 12.9. The van der Waals surface area contributed by atoms with Crippen LogP contribution in [0.4, 0.5) is 5.69 Å². The average molecular weight is 589 g/mol. The predicted molar refractivity (Wildman–Crippen MR) is 194 cm³/mol. The summed E-state index contributed by atoms with van der Waals surface area (Å²) in [5.41, 5.74) is 8.96. The van der Waals surface area contributed by atoms with Crippen LogP contribution in [0, 0.1) is 0 Å². The van der Waals surface area contributed by atoms with E-state index < -0.39 is 0 Å². The molecule has 46 heavy (non-hydrogen) atoms. The Kier molecular flexibility index (Phi) is 5.56. The van der Waals surface area contributed by atoms with E-state index in [-0.39, 0.29) is 0 Å². The number of aromatic nitrogens is 1. The van der Waals surface area contributed by atoms with E-state index in [1.165, 1.54) is 71.1 Å². The van der Waals surface area contributed by atoms with Crippen molar-refractivity contribution in [2.45, 2.75) is 24.4 Å². The molecule has 0 bridgehead atoms. The minimum atomic E-state index is 0.292. The molecule has 3 unspecified atom stereocenters. The van der Waals surface area contributed by atoms with Crippen molar-refractivity contribution in [2.24, 2.45) is 0 Å². The molecule has 1 aromatic heterocycles. The number of benzene rings is 6. The van der Waals surface area contributed by atoms with Gasteiger partial charge in [0.25, 0.3) is 0 Å². The zero-order valence-electron chi connectivity index (χ0n) is 25.4. The normalized spacial score (nSPS) is 19.6. The molecule has 2 heteroatoms. The Morgan fingerprint density at radius 1 is 0.587 bits per heavy atom. The smallest absolute Gasteiger partial charge is 0.0586 e. The predicted octanol–water partition coefficient (Wildman–Crippen LogP) is 9.04. The summed E-state index contributed by atoms with van der Waals surface area (Å²) >= 11 is 0. The first-order valence-electron chi connectivity index (χ1n) is 16.4. The number of allylic oxidation sites excluding steroid dienone is 2. The van der Waals surface area contributed by atoms with Gasteiger partial charge in [0.15, 0.2) is 0 Å². The van der Waals surface area contributed by atoms with Gasteiger partial charge >= 0.3 is 0 Å². The molecule has 2 nitrogen and oxygen atoms in total. The molecule has 218 valence electrons. The van der Waals surface area contributed by atoms with Crippen molar-refractivity contribution in [1.82, 2.24) is 4.57 Å². The van der Waals surface area contributed by atoms with Gasteiger partial charge in [0.1, 0.15) is 0 Å². The number of para-hydroxylation sites is 2. The van der Waals surface area contributed by atoms with Crippen LogP contribution in [0.1, 0.15) is 17.9 Å². The molecule has 2 aliphatic carbocycles. The molecule has 0 spiro atoms. The van der Waals surface area contributed by atoms with Crippen molar-refractivity contribution < 1.29 is 0 Å². The largest absolute Gasteiger partial charge is 0.357 e. The first-order chi connectivity index (χ1) is 22.8. The molecule has 0 fully saturated rings. The molecule has 10 rings (SSSR count). The van der Waals surface area contributed by atoms with Crippen molar-refractivity contribution in [2.75, 3.05) is 4.90 Å². The van der Waals surface area contributed by atoms with Gasteiger partial charge in [-0.15, -0.1) is 0 Å². The average Bonchev–Trinajstić information content (AvgIpc) is 3.64. The first kappa shape index (κ1) is 25.7. The van der Waals surface area contributed by atoms with Gasteiger partial charge in [-0.2, -0.15) is 0 Å². The van der Waals surface area contributed by atoms with E-state index in [9.17, 15) is 0 Å². The van der Waals surface area contributed by atoms with Crippen LogP contribution in [0.15, 0.2) is 152 Å². The number of anilines is 1. The Morgan fingerprint density at radius 3 is 2.28 bits per heavy atom. The third-order valence-electron chi connectivity index (χ3n) is 10.4. The standard InChI is InChI=1S/C44H32N2/c1-2-11-33(12-3-1)45-42-17-9-7-15-38(42)40-27-30(21-25-43(40)45)31-20-23-39-37-14-6-8-16-41(37)46(44(39)28-31)34-22-24-36-32(26-34)19-18-29-10-4-5-13-35(29)36/h1-21,23-28,34,37,41H,22H2. The van der Waals surface area contributed by atoms with Gasteiger partial charge in [-0.05, 0) is 80.7 Å². The lowest BCUT2D eigenvalue weighted by Gasteiger charge is -2.35. The Hall–Kier alpha value is -5.60. The molecule has 0 saturated carbocycles. The molecule has 7 aromatic rings. The third-order valence-corrected chi connectivity index (χ3v) is 10.4. The highest BCUT2D eigenvalue weighted by Gasteiger charge is 2.39. The maximum atomic E-state index is 2.69. The zero-order valence-corrected chi connectivity index (χ0v) is 25.4. The van der Waals surface area contributed by atoms with Gasteiger partial charge in [-0.1, -0.05) is 127 Å². The van der Waals surface area contributed by atoms with Crippen LogP contribution in [0.3, 0.4) is 0 Å². The van der Waals surface area contributed by atoms with Crippen LogP contribution in [-0.4, -0.2) is 16.7 Å². The lowest BCUT2D eigenvalue weighted by Crippen LogP contribution is -2.44. The summed E-state index contributed by atoms with van der Waals surface area (Å²) in [7, 11) is 0. The summed E-state index contributed by atoms with van der Waals surface area (Å²) < 4.78 is 2.39. The highest BCUT2D eigenvalue weighted by molar-refractivity contribution is 6.10. The van der Waals surface area contributed by atoms with Crippen molar-refractivity contribution in [1.29, 1.82) is 0 Å². The van der Waals surface area contributed by atoms with Gasteiger partial charge in [-0.3, -0.25) is 0 Å². The quantitative estimate of drug-likeness (QED) is 0.200. The Balaban J connectivity index is 1.11. The lowest BCUT2D eigenvalue weighted by atomic mass is 9.90. The fourth-order valence-corrected chi connectivity index (χ4v) is 8.34. The van der Waals surface area contributed by atoms with E-state index in [4.69, 9.17) is 0 Å². The molecule has 6 aromatic carbocycles. The van der Waals surface area contributed by atoms with E-state index in [1.807, 2.05) is 0 Å². The van der Waals surface area contributed by atoms with E-state index in [0.29, 0.717) is 18.0 Å².